The van der Waals surface area contributed by atoms with Gasteiger partial charge in [0.2, 0.25) is 0 Å². The first kappa shape index (κ1) is 14.7. The van der Waals surface area contributed by atoms with Crippen LogP contribution in [0.5, 0.6) is 0 Å². The van der Waals surface area contributed by atoms with Gasteiger partial charge in [-0.1, -0.05) is 54.6 Å². The van der Waals surface area contributed by atoms with Gasteiger partial charge in [0.25, 0.3) is 0 Å². The highest BCUT2D eigenvalue weighted by molar-refractivity contribution is 5.52. The van der Waals surface area contributed by atoms with Gasteiger partial charge in [-0.15, -0.1) is 0 Å². The Morgan fingerprint density at radius 3 is 2.62 bits per heavy atom. The van der Waals surface area contributed by atoms with Crippen molar-refractivity contribution in [3.63, 3.8) is 0 Å². The van der Waals surface area contributed by atoms with Crippen LogP contribution in [0.2, 0.25) is 0 Å². The summed E-state index contributed by atoms with van der Waals surface area (Å²) in [5.41, 5.74) is 4.14. The molecule has 0 N–H and O–H groups in total. The molecule has 1 nitrogen and oxygen atoms in total. The molecule has 24 heavy (non-hydrogen) atoms. The summed E-state index contributed by atoms with van der Waals surface area (Å²) >= 11 is 0. The van der Waals surface area contributed by atoms with Gasteiger partial charge < -0.3 is 4.74 Å². The fourth-order valence-electron chi connectivity index (χ4n) is 5.98. The predicted octanol–water partition coefficient (Wildman–Crippen LogP) is 5.41. The Hall–Kier alpha value is -1.60. The minimum Gasteiger partial charge on any atom is -0.368 e. The van der Waals surface area contributed by atoms with E-state index in [0.717, 1.165) is 5.92 Å². The van der Waals surface area contributed by atoms with Gasteiger partial charge >= 0.3 is 0 Å². The van der Waals surface area contributed by atoms with Crippen molar-refractivity contribution < 1.29 is 4.74 Å². The first-order valence-electron chi connectivity index (χ1n) is 9.55. The molecule has 1 heteroatoms. The summed E-state index contributed by atoms with van der Waals surface area (Å²) < 4.78 is 6.47. The van der Waals surface area contributed by atoms with E-state index >= 15 is 0 Å². The minimum atomic E-state index is -0.251. The quantitative estimate of drug-likeness (QED) is 0.677. The number of ether oxygens (including phenoxy) is 1. The third-order valence-electron chi connectivity index (χ3n) is 6.91. The Morgan fingerprint density at radius 1 is 1.04 bits per heavy atom. The molecule has 0 aromatic heterocycles. The van der Waals surface area contributed by atoms with E-state index in [2.05, 4.69) is 54.6 Å². The summed E-state index contributed by atoms with van der Waals surface area (Å²) in [6.07, 6.45) is 16.4. The number of benzene rings is 1. The number of allylic oxidation sites excluding steroid dienone is 4. The zero-order chi connectivity index (χ0) is 16.1. The molecule has 1 fully saturated rings. The molecule has 124 valence electrons. The van der Waals surface area contributed by atoms with Crippen LogP contribution in [-0.2, 0) is 10.3 Å². The molecule has 0 spiro atoms. The molecule has 0 heterocycles. The molecule has 0 saturated heterocycles. The Balaban J connectivity index is 1.69. The largest absolute Gasteiger partial charge is 0.368 e. The van der Waals surface area contributed by atoms with Gasteiger partial charge in [0.05, 0.1) is 0 Å². The van der Waals surface area contributed by atoms with Gasteiger partial charge in [0.1, 0.15) is 5.60 Å². The summed E-state index contributed by atoms with van der Waals surface area (Å²) in [5, 5.41) is 0. The van der Waals surface area contributed by atoms with Gasteiger partial charge in [-0.05, 0) is 66.6 Å². The maximum Gasteiger partial charge on any atom is 0.122 e. The highest BCUT2D eigenvalue weighted by Gasteiger charge is 2.60. The number of methoxy groups -OCH3 is 1. The van der Waals surface area contributed by atoms with E-state index in [1.54, 1.807) is 5.57 Å². The normalized spacial score (nSPS) is 39.7. The van der Waals surface area contributed by atoms with Crippen molar-refractivity contribution in [1.29, 1.82) is 0 Å². The van der Waals surface area contributed by atoms with Gasteiger partial charge in [0, 0.05) is 13.0 Å². The third-order valence-corrected chi connectivity index (χ3v) is 6.91. The highest BCUT2D eigenvalue weighted by atomic mass is 16.5. The van der Waals surface area contributed by atoms with Crippen molar-refractivity contribution in [3.8, 4) is 0 Å². The molecule has 0 aliphatic heterocycles. The van der Waals surface area contributed by atoms with E-state index in [1.807, 2.05) is 7.11 Å². The van der Waals surface area contributed by atoms with Crippen molar-refractivity contribution in [2.75, 3.05) is 7.11 Å². The standard InChI is InChI=1S/C23H26O/c1-24-23(19-10-6-3-7-11-19)21(16-8-4-2-5-9-16)15-20-17-12-13-18(14-17)22(20)23/h3,6-8,10-13,15,17-18,20,22H,2,4-5,9,14H2,1H3/t17-,18+,20?,22?,23-/m1/s1. The Kier molecular flexibility index (Phi) is 3.35. The topological polar surface area (TPSA) is 9.23 Å². The SMILES string of the molecule is CO[C@]1(c2ccccc2)C(C2=CCCCC2)=CC2C1[C@H]1C=C[C@@H]2C1. The number of hydrogen-bond donors (Lipinski definition) is 0. The molecule has 0 amide bonds. The second-order valence-electron chi connectivity index (χ2n) is 7.91. The Bertz CT molecular complexity index is 726. The molecule has 5 atom stereocenters. The van der Waals surface area contributed by atoms with Gasteiger partial charge in [-0.3, -0.25) is 0 Å². The molecule has 4 aliphatic rings. The van der Waals surface area contributed by atoms with Crippen LogP contribution in [0.15, 0.2) is 65.8 Å². The van der Waals surface area contributed by atoms with E-state index in [-0.39, 0.29) is 5.60 Å². The molecule has 1 saturated carbocycles. The molecular weight excluding hydrogens is 292 g/mol. The van der Waals surface area contributed by atoms with Gasteiger partial charge in [-0.2, -0.15) is 0 Å². The Morgan fingerprint density at radius 2 is 1.88 bits per heavy atom. The van der Waals surface area contributed by atoms with Crippen LogP contribution in [0.1, 0.15) is 37.7 Å². The smallest absolute Gasteiger partial charge is 0.122 e. The summed E-state index contributed by atoms with van der Waals surface area (Å²) in [6, 6.07) is 11.0. The maximum atomic E-state index is 6.47. The lowest BCUT2D eigenvalue weighted by molar-refractivity contribution is -0.0394. The van der Waals surface area contributed by atoms with E-state index in [4.69, 9.17) is 4.74 Å². The number of fused-ring (bicyclic) bond motifs is 5. The molecule has 5 rings (SSSR count). The first-order valence-corrected chi connectivity index (χ1v) is 9.55. The maximum absolute atomic E-state index is 6.47. The lowest BCUT2D eigenvalue weighted by Gasteiger charge is -2.41. The van der Waals surface area contributed by atoms with Crippen molar-refractivity contribution in [3.05, 3.63) is 71.3 Å². The summed E-state index contributed by atoms with van der Waals surface area (Å²) in [6.45, 7) is 0. The summed E-state index contributed by atoms with van der Waals surface area (Å²) in [7, 11) is 1.93. The van der Waals surface area contributed by atoms with Gasteiger partial charge in [-0.25, -0.2) is 0 Å². The average molecular weight is 318 g/mol. The first-order chi connectivity index (χ1) is 11.8. The summed E-state index contributed by atoms with van der Waals surface area (Å²) in [4.78, 5) is 0. The second kappa shape index (κ2) is 5.46. The monoisotopic (exact) mass is 318 g/mol. The molecule has 1 aromatic carbocycles. The van der Waals surface area contributed by atoms with E-state index in [0.29, 0.717) is 17.8 Å². The van der Waals surface area contributed by atoms with Crippen LogP contribution in [0, 0.1) is 23.7 Å². The fourth-order valence-corrected chi connectivity index (χ4v) is 5.98. The minimum absolute atomic E-state index is 0.251. The van der Waals surface area contributed by atoms with E-state index < -0.39 is 0 Å². The van der Waals surface area contributed by atoms with Crippen LogP contribution in [0.4, 0.5) is 0 Å². The van der Waals surface area contributed by atoms with Crippen molar-refractivity contribution in [2.45, 2.75) is 37.7 Å². The second-order valence-corrected chi connectivity index (χ2v) is 7.91. The molecule has 2 bridgehead atoms. The molecular formula is C23H26O. The highest BCUT2D eigenvalue weighted by Crippen LogP contribution is 2.64. The van der Waals surface area contributed by atoms with Crippen LogP contribution in [0.3, 0.4) is 0 Å². The Labute approximate surface area is 145 Å². The number of hydrogen-bond acceptors (Lipinski definition) is 1. The van der Waals surface area contributed by atoms with Crippen LogP contribution in [-0.4, -0.2) is 7.11 Å². The van der Waals surface area contributed by atoms with Gasteiger partial charge in [0.15, 0.2) is 0 Å². The molecule has 1 aromatic rings. The van der Waals surface area contributed by atoms with Crippen LogP contribution < -0.4 is 0 Å². The molecule has 0 radical (unpaired) electrons. The predicted molar refractivity (Wildman–Crippen MR) is 97.5 cm³/mol. The fraction of sp³-hybridized carbons (Fsp3) is 0.478. The van der Waals surface area contributed by atoms with Crippen molar-refractivity contribution >= 4 is 0 Å². The number of rotatable bonds is 3. The van der Waals surface area contributed by atoms with Crippen molar-refractivity contribution in [1.82, 2.24) is 0 Å². The van der Waals surface area contributed by atoms with Crippen molar-refractivity contribution in [2.24, 2.45) is 23.7 Å². The summed E-state index contributed by atoms with van der Waals surface area (Å²) in [5.74, 6) is 2.61. The van der Waals surface area contributed by atoms with Crippen LogP contribution in [0.25, 0.3) is 0 Å². The zero-order valence-electron chi connectivity index (χ0n) is 14.4. The third kappa shape index (κ3) is 1.85. The lowest BCUT2D eigenvalue weighted by atomic mass is 9.70. The molecule has 4 aliphatic carbocycles. The van der Waals surface area contributed by atoms with E-state index in [9.17, 15) is 0 Å². The average Bonchev–Trinajstić information content (AvgIpc) is 3.34. The van der Waals surface area contributed by atoms with Crippen LogP contribution >= 0.6 is 0 Å². The molecule has 2 unspecified atom stereocenters. The lowest BCUT2D eigenvalue weighted by Crippen LogP contribution is -2.40. The zero-order valence-corrected chi connectivity index (χ0v) is 14.4. The van der Waals surface area contributed by atoms with E-state index in [1.165, 1.54) is 43.2 Å².